The number of rotatable bonds is 3. The second kappa shape index (κ2) is 5.50. The molecule has 1 atom stereocenters. The third-order valence-corrected chi connectivity index (χ3v) is 7.18. The van der Waals surface area contributed by atoms with Gasteiger partial charge in [-0.3, -0.25) is 4.90 Å². The minimum absolute atomic E-state index is 0.506. The number of ether oxygens (including phenoxy) is 2. The molecule has 0 spiro atoms. The van der Waals surface area contributed by atoms with E-state index in [-0.39, 0.29) is 0 Å². The predicted molar refractivity (Wildman–Crippen MR) is 96.4 cm³/mol. The van der Waals surface area contributed by atoms with Gasteiger partial charge < -0.3 is 9.47 Å². The van der Waals surface area contributed by atoms with E-state index in [2.05, 4.69) is 28.4 Å². The lowest BCUT2D eigenvalue weighted by Gasteiger charge is -2.41. The molecule has 2 aromatic rings. The van der Waals surface area contributed by atoms with Crippen molar-refractivity contribution in [2.45, 2.75) is 44.2 Å². The molecule has 0 unspecified atom stereocenters. The normalized spacial score (nSPS) is 22.5. The van der Waals surface area contributed by atoms with Gasteiger partial charge in [0.2, 0.25) is 0 Å². The molecule has 126 valence electrons. The molecule has 0 saturated heterocycles. The summed E-state index contributed by atoms with van der Waals surface area (Å²) in [5.74, 6) is 2.87. The average molecular weight is 341 g/mol. The summed E-state index contributed by atoms with van der Waals surface area (Å²) >= 11 is 2.08. The maximum absolute atomic E-state index is 5.66. The molecular weight excluding hydrogens is 318 g/mol. The molecule has 3 heterocycles. The van der Waals surface area contributed by atoms with Gasteiger partial charge in [-0.1, -0.05) is 0 Å². The number of fused-ring (bicyclic) bond motifs is 4. The number of hydrogen-bond acceptors (Lipinski definition) is 4. The van der Waals surface area contributed by atoms with Crippen molar-refractivity contribution in [3.63, 3.8) is 0 Å². The van der Waals surface area contributed by atoms with Crippen LogP contribution >= 0.6 is 11.3 Å². The first-order valence-electron chi connectivity index (χ1n) is 8.87. The van der Waals surface area contributed by atoms with Crippen LogP contribution in [0.1, 0.15) is 51.2 Å². The van der Waals surface area contributed by atoms with Crippen LogP contribution < -0.4 is 9.47 Å². The van der Waals surface area contributed by atoms with Crippen molar-refractivity contribution in [3.05, 3.63) is 44.6 Å². The van der Waals surface area contributed by atoms with Gasteiger partial charge >= 0.3 is 0 Å². The average Bonchev–Trinajstić information content (AvgIpc) is 3.37. The summed E-state index contributed by atoms with van der Waals surface area (Å²) in [6.07, 6.45) is 5.01. The van der Waals surface area contributed by atoms with Crippen LogP contribution in [0.15, 0.2) is 18.2 Å². The van der Waals surface area contributed by atoms with Crippen LogP contribution in [0.25, 0.3) is 0 Å². The van der Waals surface area contributed by atoms with Gasteiger partial charge in [-0.25, -0.2) is 0 Å². The molecule has 0 amide bonds. The standard InChI is InChI=1S/C20H23NO2S/c1-22-17-5-6-18(23-2)15-11-21-8-7-19-14(16(21)9-13(15)17)10-20(24-19)12-3-4-12/h5-6,10,12,16H,3-4,7-9,11H2,1-2H3/t16-/m0/s1. The topological polar surface area (TPSA) is 21.7 Å². The predicted octanol–water partition coefficient (Wildman–Crippen LogP) is 4.30. The van der Waals surface area contributed by atoms with Gasteiger partial charge in [-0.2, -0.15) is 0 Å². The fraction of sp³-hybridized carbons (Fsp3) is 0.500. The van der Waals surface area contributed by atoms with Gasteiger partial charge in [0.15, 0.2) is 0 Å². The highest BCUT2D eigenvalue weighted by Crippen LogP contribution is 2.49. The lowest BCUT2D eigenvalue weighted by atomic mass is 9.86. The molecule has 5 rings (SSSR count). The van der Waals surface area contributed by atoms with Crippen LogP contribution in [0.2, 0.25) is 0 Å². The van der Waals surface area contributed by atoms with Crippen LogP contribution in [-0.2, 0) is 19.4 Å². The summed E-state index contributed by atoms with van der Waals surface area (Å²) in [6.45, 7) is 2.12. The van der Waals surface area contributed by atoms with Crippen LogP contribution in [-0.4, -0.2) is 25.7 Å². The van der Waals surface area contributed by atoms with E-state index >= 15 is 0 Å². The van der Waals surface area contributed by atoms with Gasteiger partial charge in [-0.15, -0.1) is 11.3 Å². The quantitative estimate of drug-likeness (QED) is 0.831. The highest BCUT2D eigenvalue weighted by Gasteiger charge is 2.37. The summed E-state index contributed by atoms with van der Waals surface area (Å²) in [5, 5.41) is 0. The Balaban J connectivity index is 1.57. The van der Waals surface area contributed by atoms with Gasteiger partial charge in [0.25, 0.3) is 0 Å². The van der Waals surface area contributed by atoms with E-state index in [1.54, 1.807) is 29.5 Å². The molecule has 3 nitrogen and oxygen atoms in total. The summed E-state index contributed by atoms with van der Waals surface area (Å²) in [6, 6.07) is 7.13. The Labute approximate surface area is 147 Å². The van der Waals surface area contributed by atoms with Crippen molar-refractivity contribution in [3.8, 4) is 11.5 Å². The van der Waals surface area contributed by atoms with Crippen LogP contribution in [0.4, 0.5) is 0 Å². The second-order valence-corrected chi connectivity index (χ2v) is 8.34. The molecular formula is C20H23NO2S. The third kappa shape index (κ3) is 2.20. The molecule has 1 aromatic carbocycles. The Morgan fingerprint density at radius 3 is 2.54 bits per heavy atom. The monoisotopic (exact) mass is 341 g/mol. The SMILES string of the molecule is COc1ccc(OC)c2c1C[C@H]1c3cc(C4CC4)sc3CCN1C2. The van der Waals surface area contributed by atoms with E-state index in [9.17, 15) is 0 Å². The van der Waals surface area contributed by atoms with E-state index in [4.69, 9.17) is 9.47 Å². The number of methoxy groups -OCH3 is 2. The van der Waals surface area contributed by atoms with Gasteiger partial charge in [0.1, 0.15) is 11.5 Å². The number of thiophene rings is 1. The summed E-state index contributed by atoms with van der Waals surface area (Å²) in [7, 11) is 3.54. The number of benzene rings is 1. The molecule has 2 aliphatic heterocycles. The lowest BCUT2D eigenvalue weighted by molar-refractivity contribution is 0.158. The smallest absolute Gasteiger partial charge is 0.123 e. The summed E-state index contributed by atoms with van der Waals surface area (Å²) in [5.41, 5.74) is 4.24. The number of hydrogen-bond donors (Lipinski definition) is 0. The van der Waals surface area contributed by atoms with E-state index in [0.717, 1.165) is 36.9 Å². The largest absolute Gasteiger partial charge is 0.496 e. The molecule has 1 aromatic heterocycles. The molecule has 0 N–H and O–H groups in total. The van der Waals surface area contributed by atoms with Crippen molar-refractivity contribution < 1.29 is 9.47 Å². The lowest BCUT2D eigenvalue weighted by Crippen LogP contribution is -2.39. The van der Waals surface area contributed by atoms with Crippen LogP contribution in [0.3, 0.4) is 0 Å². The molecule has 0 bridgehead atoms. The minimum atomic E-state index is 0.506. The van der Waals surface area contributed by atoms with Crippen LogP contribution in [0.5, 0.6) is 11.5 Å². The van der Waals surface area contributed by atoms with Crippen LogP contribution in [0, 0.1) is 0 Å². The third-order valence-electron chi connectivity index (χ3n) is 5.81. The fourth-order valence-corrected chi connectivity index (χ4v) is 5.74. The maximum Gasteiger partial charge on any atom is 0.123 e. The Morgan fingerprint density at radius 2 is 1.83 bits per heavy atom. The minimum Gasteiger partial charge on any atom is -0.496 e. The zero-order valence-corrected chi connectivity index (χ0v) is 15.1. The van der Waals surface area contributed by atoms with Gasteiger partial charge in [0.05, 0.1) is 14.2 Å². The molecule has 3 aliphatic rings. The van der Waals surface area contributed by atoms with Gasteiger partial charge in [0, 0.05) is 40.0 Å². The molecule has 1 saturated carbocycles. The molecule has 0 radical (unpaired) electrons. The van der Waals surface area contributed by atoms with E-state index < -0.39 is 0 Å². The van der Waals surface area contributed by atoms with Crippen molar-refractivity contribution in [1.82, 2.24) is 4.90 Å². The van der Waals surface area contributed by atoms with E-state index in [0.29, 0.717) is 6.04 Å². The zero-order chi connectivity index (χ0) is 16.3. The highest BCUT2D eigenvalue weighted by molar-refractivity contribution is 7.12. The Morgan fingerprint density at radius 1 is 1.08 bits per heavy atom. The first kappa shape index (κ1) is 14.8. The fourth-order valence-electron chi connectivity index (χ4n) is 4.36. The van der Waals surface area contributed by atoms with Crippen molar-refractivity contribution in [2.24, 2.45) is 0 Å². The second-order valence-electron chi connectivity index (χ2n) is 7.17. The molecule has 4 heteroatoms. The van der Waals surface area contributed by atoms with E-state index in [1.165, 1.54) is 30.4 Å². The Hall–Kier alpha value is -1.52. The molecule has 1 aliphatic carbocycles. The first-order valence-corrected chi connectivity index (χ1v) is 9.69. The first-order chi connectivity index (χ1) is 11.8. The zero-order valence-electron chi connectivity index (χ0n) is 14.3. The van der Waals surface area contributed by atoms with Gasteiger partial charge in [-0.05, 0) is 55.4 Å². The highest BCUT2D eigenvalue weighted by atomic mass is 32.1. The summed E-state index contributed by atoms with van der Waals surface area (Å²) in [4.78, 5) is 5.89. The molecule has 24 heavy (non-hydrogen) atoms. The van der Waals surface area contributed by atoms with Crippen molar-refractivity contribution in [1.29, 1.82) is 0 Å². The molecule has 1 fully saturated rings. The number of nitrogens with zero attached hydrogens (tertiary/aromatic N) is 1. The maximum atomic E-state index is 5.66. The Kier molecular flexibility index (Phi) is 3.39. The Bertz CT molecular complexity index is 793. The van der Waals surface area contributed by atoms with E-state index in [1.807, 2.05) is 6.07 Å². The van der Waals surface area contributed by atoms with Crippen molar-refractivity contribution >= 4 is 11.3 Å². The van der Waals surface area contributed by atoms with Crippen molar-refractivity contribution in [2.75, 3.05) is 20.8 Å². The summed E-state index contributed by atoms with van der Waals surface area (Å²) < 4.78 is 11.3.